The number of nitrogens with one attached hydrogen (secondary N) is 1. The summed E-state index contributed by atoms with van der Waals surface area (Å²) in [6.45, 7) is 0.765. The Balaban J connectivity index is 2.04. The highest BCUT2D eigenvalue weighted by molar-refractivity contribution is 5.78. The van der Waals surface area contributed by atoms with Crippen LogP contribution in [0.2, 0.25) is 0 Å². The quantitative estimate of drug-likeness (QED) is 0.889. The molecule has 0 amide bonds. The molecule has 1 aromatic carbocycles. The Morgan fingerprint density at radius 2 is 2.06 bits per heavy atom. The van der Waals surface area contributed by atoms with Crippen molar-refractivity contribution in [2.24, 2.45) is 5.92 Å². The standard InChI is InChI=1S/C15H18N2O/c1-16-13(11-6-7-11)10-17-14-5-3-2-4-12(14)8-9-15(17)18/h2-5,8-9,11,13,16H,6-7,10H2,1H3. The van der Waals surface area contributed by atoms with Crippen molar-refractivity contribution in [1.29, 1.82) is 0 Å². The molecule has 1 saturated carbocycles. The van der Waals surface area contributed by atoms with E-state index in [1.165, 1.54) is 12.8 Å². The van der Waals surface area contributed by atoms with Gasteiger partial charge in [0, 0.05) is 18.7 Å². The summed E-state index contributed by atoms with van der Waals surface area (Å²) in [5.41, 5.74) is 1.13. The molecule has 1 N–H and O–H groups in total. The summed E-state index contributed by atoms with van der Waals surface area (Å²) in [7, 11) is 1.99. The summed E-state index contributed by atoms with van der Waals surface area (Å²) >= 11 is 0. The number of hydrogen-bond donors (Lipinski definition) is 1. The maximum Gasteiger partial charge on any atom is 0.251 e. The zero-order valence-electron chi connectivity index (χ0n) is 10.6. The molecule has 1 aliphatic carbocycles. The van der Waals surface area contributed by atoms with Crippen LogP contribution in [0, 0.1) is 5.92 Å². The van der Waals surface area contributed by atoms with Gasteiger partial charge in [-0.3, -0.25) is 4.79 Å². The molecule has 94 valence electrons. The van der Waals surface area contributed by atoms with Gasteiger partial charge in [-0.25, -0.2) is 0 Å². The summed E-state index contributed by atoms with van der Waals surface area (Å²) < 4.78 is 1.90. The number of fused-ring (bicyclic) bond motifs is 1. The molecule has 0 saturated heterocycles. The van der Waals surface area contributed by atoms with Gasteiger partial charge in [0.05, 0.1) is 5.52 Å². The Morgan fingerprint density at radius 1 is 1.28 bits per heavy atom. The van der Waals surface area contributed by atoms with Gasteiger partial charge >= 0.3 is 0 Å². The average Bonchev–Trinajstić information content (AvgIpc) is 3.22. The molecule has 1 heterocycles. The lowest BCUT2D eigenvalue weighted by molar-refractivity contribution is 0.436. The lowest BCUT2D eigenvalue weighted by Gasteiger charge is -2.18. The molecule has 0 aliphatic heterocycles. The fourth-order valence-electron chi connectivity index (χ4n) is 2.60. The third-order valence-electron chi connectivity index (χ3n) is 3.84. The Bertz CT molecular complexity index is 613. The molecular formula is C15H18N2O. The van der Waals surface area contributed by atoms with Gasteiger partial charge < -0.3 is 9.88 Å². The maximum atomic E-state index is 12.1. The molecular weight excluding hydrogens is 224 g/mol. The van der Waals surface area contributed by atoms with E-state index in [9.17, 15) is 4.79 Å². The number of likely N-dealkylation sites (N-methyl/N-ethyl adjacent to an activating group) is 1. The molecule has 0 spiro atoms. The molecule has 0 bridgehead atoms. The number of rotatable bonds is 4. The fourth-order valence-corrected chi connectivity index (χ4v) is 2.60. The number of benzene rings is 1. The van der Waals surface area contributed by atoms with E-state index in [1.54, 1.807) is 6.07 Å². The van der Waals surface area contributed by atoms with Crippen LogP contribution in [0.15, 0.2) is 41.2 Å². The van der Waals surface area contributed by atoms with Gasteiger partial charge in [0.15, 0.2) is 0 Å². The second-order valence-electron chi connectivity index (χ2n) is 5.07. The van der Waals surface area contributed by atoms with Crippen molar-refractivity contribution in [1.82, 2.24) is 9.88 Å². The first-order valence-electron chi connectivity index (χ1n) is 6.55. The first-order chi connectivity index (χ1) is 8.79. The van der Waals surface area contributed by atoms with Crippen LogP contribution < -0.4 is 10.9 Å². The van der Waals surface area contributed by atoms with E-state index in [2.05, 4.69) is 11.4 Å². The highest BCUT2D eigenvalue weighted by atomic mass is 16.1. The molecule has 18 heavy (non-hydrogen) atoms. The Labute approximate surface area is 106 Å². The summed E-state index contributed by atoms with van der Waals surface area (Å²) in [5.74, 6) is 0.737. The predicted molar refractivity (Wildman–Crippen MR) is 73.8 cm³/mol. The number of para-hydroxylation sites is 1. The molecule has 1 fully saturated rings. The molecule has 3 rings (SSSR count). The third-order valence-corrected chi connectivity index (χ3v) is 3.84. The minimum Gasteiger partial charge on any atom is -0.315 e. The second kappa shape index (κ2) is 4.58. The van der Waals surface area contributed by atoms with Gasteiger partial charge in [0.25, 0.3) is 5.56 Å². The van der Waals surface area contributed by atoms with Gasteiger partial charge in [-0.05, 0) is 43.3 Å². The fraction of sp³-hybridized carbons (Fsp3) is 0.400. The summed E-state index contributed by atoms with van der Waals surface area (Å²) in [4.78, 5) is 12.1. The van der Waals surface area contributed by atoms with Gasteiger partial charge in [0.1, 0.15) is 0 Å². The van der Waals surface area contributed by atoms with E-state index < -0.39 is 0 Å². The Morgan fingerprint density at radius 3 is 2.78 bits per heavy atom. The van der Waals surface area contributed by atoms with Gasteiger partial charge in [-0.15, -0.1) is 0 Å². The summed E-state index contributed by atoms with van der Waals surface area (Å²) in [6, 6.07) is 12.1. The SMILES string of the molecule is CNC(Cn1c(=O)ccc2ccccc21)C1CC1. The third kappa shape index (κ3) is 2.06. The van der Waals surface area contributed by atoms with E-state index in [1.807, 2.05) is 35.9 Å². The van der Waals surface area contributed by atoms with Crippen LogP contribution in [0.1, 0.15) is 12.8 Å². The molecule has 1 aliphatic rings. The van der Waals surface area contributed by atoms with Crippen molar-refractivity contribution in [3.8, 4) is 0 Å². The minimum absolute atomic E-state index is 0.0922. The summed E-state index contributed by atoms with van der Waals surface area (Å²) in [5, 5.41) is 4.47. The topological polar surface area (TPSA) is 34.0 Å². The first-order valence-corrected chi connectivity index (χ1v) is 6.55. The highest BCUT2D eigenvalue weighted by Crippen LogP contribution is 2.33. The maximum absolute atomic E-state index is 12.1. The van der Waals surface area contributed by atoms with Gasteiger partial charge in [-0.1, -0.05) is 18.2 Å². The van der Waals surface area contributed by atoms with Crippen molar-refractivity contribution >= 4 is 10.9 Å². The van der Waals surface area contributed by atoms with Crippen molar-refractivity contribution < 1.29 is 0 Å². The lowest BCUT2D eigenvalue weighted by atomic mass is 10.1. The van der Waals surface area contributed by atoms with Crippen LogP contribution in [0.3, 0.4) is 0 Å². The monoisotopic (exact) mass is 242 g/mol. The van der Waals surface area contributed by atoms with Crippen LogP contribution in [-0.4, -0.2) is 17.7 Å². The van der Waals surface area contributed by atoms with Crippen LogP contribution in [-0.2, 0) is 6.54 Å². The average molecular weight is 242 g/mol. The molecule has 3 heteroatoms. The minimum atomic E-state index is 0.0922. The van der Waals surface area contributed by atoms with Crippen molar-refractivity contribution in [3.05, 3.63) is 46.8 Å². The van der Waals surface area contributed by atoms with Crippen LogP contribution in [0.25, 0.3) is 10.9 Å². The number of aromatic nitrogens is 1. The van der Waals surface area contributed by atoms with E-state index >= 15 is 0 Å². The smallest absolute Gasteiger partial charge is 0.251 e. The summed E-state index contributed by atoms with van der Waals surface area (Å²) in [6.07, 6.45) is 2.57. The Hall–Kier alpha value is -1.61. The largest absolute Gasteiger partial charge is 0.315 e. The zero-order chi connectivity index (χ0) is 12.5. The van der Waals surface area contributed by atoms with Crippen molar-refractivity contribution in [3.63, 3.8) is 0 Å². The van der Waals surface area contributed by atoms with Crippen molar-refractivity contribution in [2.75, 3.05) is 7.05 Å². The van der Waals surface area contributed by atoms with E-state index in [4.69, 9.17) is 0 Å². The normalized spacial score (nSPS) is 16.9. The number of hydrogen-bond acceptors (Lipinski definition) is 2. The molecule has 2 aromatic rings. The van der Waals surface area contributed by atoms with Crippen LogP contribution in [0.5, 0.6) is 0 Å². The zero-order valence-corrected chi connectivity index (χ0v) is 10.6. The molecule has 1 atom stereocenters. The predicted octanol–water partition coefficient (Wildman–Crippen LogP) is 2.00. The van der Waals surface area contributed by atoms with E-state index in [-0.39, 0.29) is 5.56 Å². The van der Waals surface area contributed by atoms with E-state index in [0.717, 1.165) is 23.4 Å². The number of nitrogens with zero attached hydrogens (tertiary/aromatic N) is 1. The number of pyridine rings is 1. The molecule has 1 aromatic heterocycles. The first kappa shape index (κ1) is 11.5. The molecule has 3 nitrogen and oxygen atoms in total. The highest BCUT2D eigenvalue weighted by Gasteiger charge is 2.30. The second-order valence-corrected chi connectivity index (χ2v) is 5.07. The van der Waals surface area contributed by atoms with Crippen LogP contribution in [0.4, 0.5) is 0 Å². The van der Waals surface area contributed by atoms with Gasteiger partial charge in [-0.2, -0.15) is 0 Å². The van der Waals surface area contributed by atoms with Gasteiger partial charge in [0.2, 0.25) is 0 Å². The Kier molecular flexibility index (Phi) is 2.92. The molecule has 1 unspecified atom stereocenters. The van der Waals surface area contributed by atoms with Crippen LogP contribution >= 0.6 is 0 Å². The molecule has 0 radical (unpaired) electrons. The van der Waals surface area contributed by atoms with E-state index in [0.29, 0.717) is 6.04 Å². The van der Waals surface area contributed by atoms with Crippen molar-refractivity contribution in [2.45, 2.75) is 25.4 Å². The lowest BCUT2D eigenvalue weighted by Crippen LogP contribution is -2.36.